The topological polar surface area (TPSA) is 85.8 Å². The number of nitrogens with zero attached hydrogens (tertiary/aromatic N) is 4. The minimum Gasteiger partial charge on any atom is -0.407 e. The Bertz CT molecular complexity index is 833. The fourth-order valence-corrected chi connectivity index (χ4v) is 2.27. The molecule has 0 fully saturated rings. The Balaban J connectivity index is 1.64. The zero-order valence-corrected chi connectivity index (χ0v) is 13.9. The van der Waals surface area contributed by atoms with Crippen LogP contribution in [0.25, 0.3) is 0 Å². The van der Waals surface area contributed by atoms with Crippen molar-refractivity contribution in [2.75, 3.05) is 5.32 Å². The molecule has 1 N–H and O–H groups in total. The van der Waals surface area contributed by atoms with Gasteiger partial charge in [0.05, 0.1) is 6.42 Å². The predicted molar refractivity (Wildman–Crippen MR) is 88.8 cm³/mol. The minimum absolute atomic E-state index is 0.0689. The normalized spacial score (nSPS) is 11.0. The first kappa shape index (κ1) is 15.9. The third-order valence-electron chi connectivity index (χ3n) is 3.64. The number of hydrogen-bond acceptors (Lipinski definition) is 5. The van der Waals surface area contributed by atoms with Gasteiger partial charge in [-0.05, 0) is 23.1 Å². The first-order valence-electron chi connectivity index (χ1n) is 7.73. The van der Waals surface area contributed by atoms with E-state index in [1.54, 1.807) is 24.0 Å². The molecule has 0 aliphatic heterocycles. The highest BCUT2D eigenvalue weighted by atomic mass is 16.4. The van der Waals surface area contributed by atoms with Crippen molar-refractivity contribution in [2.24, 2.45) is 7.05 Å². The van der Waals surface area contributed by atoms with Crippen LogP contribution in [0.2, 0.25) is 0 Å². The molecule has 24 heavy (non-hydrogen) atoms. The van der Waals surface area contributed by atoms with Gasteiger partial charge in [0, 0.05) is 13.2 Å². The van der Waals surface area contributed by atoms with Gasteiger partial charge in [-0.1, -0.05) is 43.2 Å². The van der Waals surface area contributed by atoms with Gasteiger partial charge >= 0.3 is 6.01 Å². The molecule has 0 atom stereocenters. The minimum atomic E-state index is -0.382. The van der Waals surface area contributed by atoms with Gasteiger partial charge in [-0.15, -0.1) is 5.10 Å². The fourth-order valence-electron chi connectivity index (χ4n) is 2.27. The van der Waals surface area contributed by atoms with E-state index in [9.17, 15) is 4.79 Å². The predicted octanol–water partition coefficient (Wildman–Crippen LogP) is 2.77. The maximum Gasteiger partial charge on any atom is 0.322 e. The second-order valence-electron chi connectivity index (χ2n) is 5.90. The number of nitrogens with one attached hydrogen (secondary N) is 1. The molecule has 0 unspecified atom stereocenters. The average Bonchev–Trinajstić information content (AvgIpc) is 3.17. The molecular weight excluding hydrogens is 306 g/mol. The Kier molecular flexibility index (Phi) is 4.41. The summed E-state index contributed by atoms with van der Waals surface area (Å²) < 4.78 is 7.03. The first-order chi connectivity index (χ1) is 11.5. The highest BCUT2D eigenvalue weighted by Gasteiger charge is 2.14. The molecule has 1 amide bonds. The Labute approximate surface area is 139 Å². The Morgan fingerprint density at radius 1 is 1.21 bits per heavy atom. The highest BCUT2D eigenvalue weighted by Crippen LogP contribution is 2.17. The summed E-state index contributed by atoms with van der Waals surface area (Å²) in [6, 6.07) is 9.97. The maximum absolute atomic E-state index is 12.0. The second-order valence-corrected chi connectivity index (χ2v) is 5.90. The molecule has 0 radical (unpaired) electrons. The van der Waals surface area contributed by atoms with Crippen LogP contribution in [0.5, 0.6) is 0 Å². The van der Waals surface area contributed by atoms with Gasteiger partial charge in [0.2, 0.25) is 5.89 Å². The van der Waals surface area contributed by atoms with Gasteiger partial charge in [0.15, 0.2) is 5.69 Å². The van der Waals surface area contributed by atoms with Crippen LogP contribution in [0, 0.1) is 0 Å². The Morgan fingerprint density at radius 2 is 1.96 bits per heavy atom. The molecular formula is C17H19N5O2. The van der Waals surface area contributed by atoms with E-state index in [4.69, 9.17) is 4.42 Å². The number of rotatable bonds is 5. The van der Waals surface area contributed by atoms with Crippen molar-refractivity contribution in [1.29, 1.82) is 0 Å². The van der Waals surface area contributed by atoms with Gasteiger partial charge < -0.3 is 4.42 Å². The van der Waals surface area contributed by atoms with Gasteiger partial charge in [-0.2, -0.15) is 5.10 Å². The lowest BCUT2D eigenvalue weighted by atomic mass is 10.0. The van der Waals surface area contributed by atoms with Crippen molar-refractivity contribution in [1.82, 2.24) is 20.0 Å². The van der Waals surface area contributed by atoms with Gasteiger partial charge in [0.25, 0.3) is 5.91 Å². The van der Waals surface area contributed by atoms with Crippen LogP contribution < -0.4 is 5.32 Å². The molecule has 124 valence electrons. The molecule has 0 bridgehead atoms. The molecule has 7 nitrogen and oxygen atoms in total. The monoisotopic (exact) mass is 325 g/mol. The summed E-state index contributed by atoms with van der Waals surface area (Å²) in [4.78, 5) is 12.0. The third-order valence-corrected chi connectivity index (χ3v) is 3.64. The molecule has 2 aromatic heterocycles. The summed E-state index contributed by atoms with van der Waals surface area (Å²) in [6.45, 7) is 4.31. The van der Waals surface area contributed by atoms with Crippen LogP contribution in [-0.2, 0) is 13.5 Å². The fraction of sp³-hybridized carbons (Fsp3) is 0.294. The lowest BCUT2D eigenvalue weighted by Gasteiger charge is -2.05. The first-order valence-corrected chi connectivity index (χ1v) is 7.73. The van der Waals surface area contributed by atoms with E-state index in [-0.39, 0.29) is 11.9 Å². The SMILES string of the molecule is CC(C)c1ccc(Cc2nnc(NC(=O)c3ccn(C)n3)o2)cc1. The summed E-state index contributed by atoms with van der Waals surface area (Å²) in [7, 11) is 1.74. The highest BCUT2D eigenvalue weighted by molar-refractivity contribution is 6.01. The van der Waals surface area contributed by atoms with E-state index in [1.807, 2.05) is 12.1 Å². The second kappa shape index (κ2) is 6.66. The molecule has 0 aliphatic carbocycles. The van der Waals surface area contributed by atoms with Gasteiger partial charge in [-0.3, -0.25) is 14.8 Å². The van der Waals surface area contributed by atoms with E-state index in [2.05, 4.69) is 46.6 Å². The summed E-state index contributed by atoms with van der Waals surface area (Å²) >= 11 is 0. The number of aryl methyl sites for hydroxylation is 1. The zero-order chi connectivity index (χ0) is 17.1. The number of aromatic nitrogens is 4. The van der Waals surface area contributed by atoms with Crippen molar-refractivity contribution >= 4 is 11.9 Å². The van der Waals surface area contributed by atoms with Crippen molar-refractivity contribution in [3.05, 3.63) is 59.2 Å². The molecule has 0 saturated heterocycles. The maximum atomic E-state index is 12.0. The molecule has 3 rings (SSSR count). The van der Waals surface area contributed by atoms with Crippen LogP contribution >= 0.6 is 0 Å². The molecule has 3 aromatic rings. The number of carbonyl (C=O) groups is 1. The van der Waals surface area contributed by atoms with Crippen molar-refractivity contribution in [2.45, 2.75) is 26.2 Å². The van der Waals surface area contributed by atoms with Crippen LogP contribution in [0.4, 0.5) is 6.01 Å². The quantitative estimate of drug-likeness (QED) is 0.779. The molecule has 0 spiro atoms. The molecule has 0 aliphatic rings. The van der Waals surface area contributed by atoms with Crippen LogP contribution in [-0.4, -0.2) is 25.9 Å². The summed E-state index contributed by atoms with van der Waals surface area (Å²) in [5.41, 5.74) is 2.65. The number of carbonyl (C=O) groups excluding carboxylic acids is 1. The smallest absolute Gasteiger partial charge is 0.322 e. The largest absolute Gasteiger partial charge is 0.407 e. The third kappa shape index (κ3) is 3.68. The number of hydrogen-bond donors (Lipinski definition) is 1. The van der Waals surface area contributed by atoms with Gasteiger partial charge in [0.1, 0.15) is 0 Å². The standard InChI is InChI=1S/C17H19N5O2/c1-11(2)13-6-4-12(5-7-13)10-15-19-20-17(24-15)18-16(23)14-8-9-22(3)21-14/h4-9,11H,10H2,1-3H3,(H,18,20,23). The van der Waals surface area contributed by atoms with E-state index >= 15 is 0 Å². The molecule has 2 heterocycles. The van der Waals surface area contributed by atoms with E-state index in [0.29, 0.717) is 23.9 Å². The van der Waals surface area contributed by atoms with Crippen molar-refractivity contribution < 1.29 is 9.21 Å². The Morgan fingerprint density at radius 3 is 2.58 bits per heavy atom. The number of amides is 1. The number of anilines is 1. The molecule has 0 saturated carbocycles. The summed E-state index contributed by atoms with van der Waals surface area (Å²) in [6.07, 6.45) is 2.21. The van der Waals surface area contributed by atoms with Gasteiger partial charge in [-0.25, -0.2) is 0 Å². The van der Waals surface area contributed by atoms with E-state index in [0.717, 1.165) is 5.56 Å². The summed E-state index contributed by atoms with van der Waals surface area (Å²) in [5.74, 6) is 0.562. The molecule has 7 heteroatoms. The Hall–Kier alpha value is -2.96. The van der Waals surface area contributed by atoms with Crippen LogP contribution in [0.3, 0.4) is 0 Å². The molecule has 1 aromatic carbocycles. The van der Waals surface area contributed by atoms with Crippen molar-refractivity contribution in [3.8, 4) is 0 Å². The van der Waals surface area contributed by atoms with Crippen LogP contribution in [0.1, 0.15) is 47.3 Å². The van der Waals surface area contributed by atoms with E-state index in [1.165, 1.54) is 5.56 Å². The lowest BCUT2D eigenvalue weighted by Crippen LogP contribution is -2.13. The van der Waals surface area contributed by atoms with E-state index < -0.39 is 0 Å². The zero-order valence-electron chi connectivity index (χ0n) is 13.9. The lowest BCUT2D eigenvalue weighted by molar-refractivity contribution is 0.101. The average molecular weight is 325 g/mol. The summed E-state index contributed by atoms with van der Waals surface area (Å²) in [5, 5.41) is 14.4. The van der Waals surface area contributed by atoms with Crippen molar-refractivity contribution in [3.63, 3.8) is 0 Å². The van der Waals surface area contributed by atoms with Crippen LogP contribution in [0.15, 0.2) is 40.9 Å². The number of benzene rings is 1.